The molecule has 7 rings (SSSR count). The van der Waals surface area contributed by atoms with Crippen LogP contribution in [0.1, 0.15) is 104 Å². The average Bonchev–Trinajstić information content (AvgIpc) is 3.30. The van der Waals surface area contributed by atoms with Gasteiger partial charge in [-0.05, 0) is 104 Å². The molecule has 4 aromatic carbocycles. The van der Waals surface area contributed by atoms with Crippen LogP contribution in [0.25, 0.3) is 38.6 Å². The van der Waals surface area contributed by atoms with Gasteiger partial charge in [-0.15, -0.1) is 0 Å². The minimum absolute atomic E-state index is 0.450. The fraction of sp³-hybridized carbons (Fsp3) is 0.357. The molecule has 44 heavy (non-hydrogen) atoms. The topological polar surface area (TPSA) is 17.3 Å². The maximum Gasteiger partial charge on any atom is 0.146 e. The van der Waals surface area contributed by atoms with Crippen molar-refractivity contribution in [2.75, 3.05) is 0 Å². The monoisotopic (exact) mass is 582 g/mol. The molecule has 6 aromatic rings. The molecule has 0 amide bonds. The molecular weight excluding hydrogens is 532 g/mol. The van der Waals surface area contributed by atoms with Crippen molar-refractivity contribution >= 4 is 27.3 Å². The zero-order chi connectivity index (χ0) is 31.5. The molecular formula is C42H50N2. The molecule has 1 aliphatic rings. The van der Waals surface area contributed by atoms with Crippen molar-refractivity contribution in [2.45, 2.75) is 100 Å². The van der Waals surface area contributed by atoms with Crippen LogP contribution >= 0.6 is 0 Å². The van der Waals surface area contributed by atoms with Gasteiger partial charge in [0.1, 0.15) is 5.65 Å². The van der Waals surface area contributed by atoms with Gasteiger partial charge in [-0.25, -0.2) is 4.98 Å². The molecule has 1 unspecified atom stereocenters. The molecule has 0 spiro atoms. The van der Waals surface area contributed by atoms with E-state index in [1.165, 1.54) is 90.4 Å². The maximum absolute atomic E-state index is 5.45. The van der Waals surface area contributed by atoms with E-state index in [0.29, 0.717) is 5.92 Å². The summed E-state index contributed by atoms with van der Waals surface area (Å²) in [5.74, 6) is 0.450. The molecule has 1 atom stereocenters. The lowest BCUT2D eigenvalue weighted by Crippen LogP contribution is -2.08. The van der Waals surface area contributed by atoms with E-state index in [1.807, 2.05) is 13.8 Å². The second-order valence-electron chi connectivity index (χ2n) is 12.4. The summed E-state index contributed by atoms with van der Waals surface area (Å²) in [5, 5.41) is 4.01. The van der Waals surface area contributed by atoms with Crippen molar-refractivity contribution in [2.24, 2.45) is 0 Å². The number of imidazole rings is 1. The zero-order valence-corrected chi connectivity index (χ0v) is 28.4. The fourth-order valence-electron chi connectivity index (χ4n) is 7.03. The highest BCUT2D eigenvalue weighted by molar-refractivity contribution is 6.14. The summed E-state index contributed by atoms with van der Waals surface area (Å²) in [6.45, 7) is 19.6. The van der Waals surface area contributed by atoms with Gasteiger partial charge in [-0.3, -0.25) is 4.40 Å². The number of hydrogen-bond acceptors (Lipinski definition) is 1. The number of aromatic nitrogens is 2. The highest BCUT2D eigenvalue weighted by Crippen LogP contribution is 2.45. The van der Waals surface area contributed by atoms with E-state index in [9.17, 15) is 0 Å². The highest BCUT2D eigenvalue weighted by atomic mass is 15.0. The van der Waals surface area contributed by atoms with Crippen molar-refractivity contribution < 1.29 is 0 Å². The summed E-state index contributed by atoms with van der Waals surface area (Å²) in [7, 11) is 0. The summed E-state index contributed by atoms with van der Waals surface area (Å²) >= 11 is 0. The predicted octanol–water partition coefficient (Wildman–Crippen LogP) is 12.0. The van der Waals surface area contributed by atoms with Crippen molar-refractivity contribution in [1.29, 1.82) is 0 Å². The van der Waals surface area contributed by atoms with Crippen LogP contribution in [-0.2, 0) is 12.8 Å². The summed E-state index contributed by atoms with van der Waals surface area (Å²) < 4.78 is 2.50. The summed E-state index contributed by atoms with van der Waals surface area (Å²) in [6.07, 6.45) is 5.67. The van der Waals surface area contributed by atoms with E-state index in [1.54, 1.807) is 0 Å². The first-order valence-electron chi connectivity index (χ1n) is 16.9. The molecule has 2 aromatic heterocycles. The van der Waals surface area contributed by atoms with Gasteiger partial charge in [0.05, 0.1) is 16.9 Å². The Morgan fingerprint density at radius 2 is 1.41 bits per heavy atom. The Hall–Kier alpha value is -3.91. The molecule has 2 nitrogen and oxygen atoms in total. The Labute approximate surface area is 265 Å². The average molecular weight is 583 g/mol. The largest absolute Gasteiger partial charge is 0.291 e. The Morgan fingerprint density at radius 1 is 0.727 bits per heavy atom. The van der Waals surface area contributed by atoms with Crippen LogP contribution in [0.3, 0.4) is 0 Å². The van der Waals surface area contributed by atoms with Gasteiger partial charge < -0.3 is 0 Å². The molecule has 2 heteroatoms. The van der Waals surface area contributed by atoms with Crippen molar-refractivity contribution in [1.82, 2.24) is 9.38 Å². The van der Waals surface area contributed by atoms with Gasteiger partial charge in [0.25, 0.3) is 0 Å². The number of benzene rings is 4. The first kappa shape index (κ1) is 31.5. The number of pyridine rings is 1. The highest BCUT2D eigenvalue weighted by Gasteiger charge is 2.29. The zero-order valence-electron chi connectivity index (χ0n) is 28.4. The van der Waals surface area contributed by atoms with Gasteiger partial charge in [0.15, 0.2) is 0 Å². The number of nitrogens with zero attached hydrogens (tertiary/aromatic N) is 2. The number of fused-ring (bicyclic) bond motifs is 4. The van der Waals surface area contributed by atoms with Crippen molar-refractivity contribution in [3.8, 4) is 11.3 Å². The third-order valence-electron chi connectivity index (χ3n) is 9.12. The van der Waals surface area contributed by atoms with Crippen LogP contribution < -0.4 is 0 Å². The van der Waals surface area contributed by atoms with Gasteiger partial charge in [0, 0.05) is 16.3 Å². The molecule has 1 aliphatic heterocycles. The van der Waals surface area contributed by atoms with Gasteiger partial charge in [0.2, 0.25) is 0 Å². The molecule has 0 radical (unpaired) electrons. The predicted molar refractivity (Wildman–Crippen MR) is 193 cm³/mol. The van der Waals surface area contributed by atoms with Crippen LogP contribution in [0.4, 0.5) is 0 Å². The lowest BCUT2D eigenvalue weighted by Gasteiger charge is -2.23. The van der Waals surface area contributed by atoms with Crippen LogP contribution in [0.2, 0.25) is 0 Å². The quantitative estimate of drug-likeness (QED) is 0.185. The SMILES string of the molecule is CC.CCC1Cc2nc3c4c1cc(Cc1ccccc1)cc4c1ccc(C)cc1n3c2-c1c(C)cc(C)cc1C.CCCC. The number of rotatable bonds is 5. The standard InChI is InChI=1S/C36H34N2.C4H10.C2H6/c1-6-27-20-31-35(33-23(4)14-22(3)15-24(33)5)38-32-16-21(2)12-13-28(32)30-19-26(17-25-10-8-7-9-11-25)18-29(27)34(30)36(38)37-31;1-3-4-2;1-2/h7-16,18-19,27H,6,17,20H2,1-5H3;3-4H2,1-2H3;1-2H3. The van der Waals surface area contributed by atoms with E-state index in [2.05, 4.69) is 126 Å². The second kappa shape index (κ2) is 13.4. The smallest absolute Gasteiger partial charge is 0.146 e. The molecule has 2 bridgehead atoms. The molecule has 228 valence electrons. The first-order valence-corrected chi connectivity index (χ1v) is 16.9. The van der Waals surface area contributed by atoms with E-state index >= 15 is 0 Å². The van der Waals surface area contributed by atoms with Crippen molar-refractivity contribution in [3.63, 3.8) is 0 Å². The summed E-state index contributed by atoms with van der Waals surface area (Å²) in [4.78, 5) is 5.45. The van der Waals surface area contributed by atoms with E-state index in [4.69, 9.17) is 4.98 Å². The number of unbranched alkanes of at least 4 members (excludes halogenated alkanes) is 1. The normalized spacial score (nSPS) is 13.6. The van der Waals surface area contributed by atoms with E-state index < -0.39 is 0 Å². The van der Waals surface area contributed by atoms with Gasteiger partial charge in [-0.2, -0.15) is 0 Å². The molecule has 0 saturated carbocycles. The lowest BCUT2D eigenvalue weighted by atomic mass is 9.84. The van der Waals surface area contributed by atoms with Crippen LogP contribution in [0, 0.1) is 27.7 Å². The Kier molecular flexibility index (Phi) is 9.59. The Balaban J connectivity index is 0.000000595. The minimum atomic E-state index is 0.450. The molecule has 0 aliphatic carbocycles. The molecule has 3 heterocycles. The number of aryl methyl sites for hydroxylation is 4. The first-order chi connectivity index (χ1) is 21.3. The molecule has 0 saturated heterocycles. The van der Waals surface area contributed by atoms with Crippen LogP contribution in [0.5, 0.6) is 0 Å². The third kappa shape index (κ3) is 5.68. The van der Waals surface area contributed by atoms with Crippen LogP contribution in [-0.4, -0.2) is 9.38 Å². The van der Waals surface area contributed by atoms with Gasteiger partial charge >= 0.3 is 0 Å². The third-order valence-corrected chi connectivity index (χ3v) is 9.12. The lowest BCUT2D eigenvalue weighted by molar-refractivity contribution is 0.659. The van der Waals surface area contributed by atoms with Crippen molar-refractivity contribution in [3.05, 3.63) is 117 Å². The summed E-state index contributed by atoms with van der Waals surface area (Å²) in [5.41, 5.74) is 15.7. The van der Waals surface area contributed by atoms with E-state index in [0.717, 1.165) is 24.9 Å². The maximum atomic E-state index is 5.45. The second-order valence-corrected chi connectivity index (χ2v) is 12.4. The Bertz CT molecular complexity index is 1900. The van der Waals surface area contributed by atoms with Gasteiger partial charge in [-0.1, -0.05) is 114 Å². The van der Waals surface area contributed by atoms with E-state index in [-0.39, 0.29) is 0 Å². The van der Waals surface area contributed by atoms with Crippen LogP contribution in [0.15, 0.2) is 72.8 Å². The molecule has 0 N–H and O–H groups in total. The minimum Gasteiger partial charge on any atom is -0.291 e. The fourth-order valence-corrected chi connectivity index (χ4v) is 7.03. The summed E-state index contributed by atoms with van der Waals surface area (Å²) in [6, 6.07) is 27.4. The number of hydrogen-bond donors (Lipinski definition) is 0. The molecule has 0 fully saturated rings. The Morgan fingerprint density at radius 3 is 2.05 bits per heavy atom.